The first-order valence-corrected chi connectivity index (χ1v) is 15.6. The van der Waals surface area contributed by atoms with Gasteiger partial charge >= 0.3 is 0 Å². The summed E-state index contributed by atoms with van der Waals surface area (Å²) >= 11 is 1.14. The Labute approximate surface area is 231 Å². The zero-order valence-electron chi connectivity index (χ0n) is 24.9. The van der Waals surface area contributed by atoms with Gasteiger partial charge in [0.05, 0.1) is 22.5 Å². The largest absolute Gasteiger partial charge is 0.378 e. The molecule has 0 amide bonds. The number of anilines is 4. The maximum Gasteiger partial charge on any atom is 0.239 e. The van der Waals surface area contributed by atoms with Crippen molar-refractivity contribution in [2.75, 3.05) is 53.8 Å². The van der Waals surface area contributed by atoms with Crippen molar-refractivity contribution in [1.82, 2.24) is 14.3 Å². The lowest BCUT2D eigenvalue weighted by atomic mass is 9.88. The van der Waals surface area contributed by atoms with Gasteiger partial charge in [0, 0.05) is 67.1 Å². The highest BCUT2D eigenvalue weighted by Gasteiger charge is 2.38. The maximum absolute atomic E-state index is 14.6. The maximum atomic E-state index is 14.6. The van der Waals surface area contributed by atoms with E-state index in [2.05, 4.69) is 57.5 Å². The first kappa shape index (κ1) is 23.3. The summed E-state index contributed by atoms with van der Waals surface area (Å²) in [6, 6.07) is 6.31. The molecule has 1 N–H and O–H groups in total. The van der Waals surface area contributed by atoms with E-state index < -0.39 is 29.2 Å². The van der Waals surface area contributed by atoms with Gasteiger partial charge in [-0.3, -0.25) is 0 Å². The van der Waals surface area contributed by atoms with Crippen LogP contribution in [0.5, 0.6) is 0 Å². The molecule has 2 saturated heterocycles. The molecule has 0 bridgehead atoms. The van der Waals surface area contributed by atoms with Crippen LogP contribution >= 0.6 is 11.5 Å². The number of rotatable bonds is 8. The van der Waals surface area contributed by atoms with Crippen LogP contribution in [-0.4, -0.2) is 79.8 Å². The third-order valence-corrected chi connectivity index (χ3v) is 9.19. The number of hydrogen-bond donors (Lipinski definition) is 1. The highest BCUT2D eigenvalue weighted by atomic mass is 32.2. The molecule has 38 heavy (non-hydrogen) atoms. The second kappa shape index (κ2) is 10.5. The van der Waals surface area contributed by atoms with E-state index in [9.17, 15) is 12.8 Å². The van der Waals surface area contributed by atoms with Crippen molar-refractivity contribution in [1.29, 1.82) is 0 Å². The Bertz CT molecular complexity index is 1520. The second-order valence-electron chi connectivity index (χ2n) is 10.6. The molecule has 9 nitrogen and oxygen atoms in total. The van der Waals surface area contributed by atoms with Gasteiger partial charge in [0.15, 0.2) is 0 Å². The number of nitrogens with one attached hydrogen (secondary N) is 1. The highest BCUT2D eigenvalue weighted by Crippen LogP contribution is 2.39. The molecule has 5 rings (SSSR count). The first-order valence-electron chi connectivity index (χ1n) is 14.2. The summed E-state index contributed by atoms with van der Waals surface area (Å²) in [4.78, 5) is 13.1. The lowest BCUT2D eigenvalue weighted by Crippen LogP contribution is -2.57. The zero-order chi connectivity index (χ0) is 29.7. The summed E-state index contributed by atoms with van der Waals surface area (Å²) in [6.07, 6.45) is 0.888. The van der Waals surface area contributed by atoms with Crippen LogP contribution in [0.4, 0.5) is 27.0 Å². The number of ether oxygens (including phenoxy) is 1. The van der Waals surface area contributed by atoms with Crippen LogP contribution in [0.1, 0.15) is 42.8 Å². The van der Waals surface area contributed by atoms with Crippen molar-refractivity contribution in [3.8, 4) is 0 Å². The van der Waals surface area contributed by atoms with Crippen LogP contribution in [0, 0.1) is 5.92 Å². The molecule has 3 aromatic rings. The Balaban J connectivity index is 1.33. The summed E-state index contributed by atoms with van der Waals surface area (Å²) in [5, 5.41) is 5.78. The number of methoxy groups -OCH3 is 1. The zero-order valence-corrected chi connectivity index (χ0v) is 23.5. The van der Waals surface area contributed by atoms with E-state index in [1.807, 2.05) is 12.3 Å². The molecule has 2 aliphatic rings. The van der Waals surface area contributed by atoms with Gasteiger partial charge in [-0.05, 0) is 42.3 Å². The van der Waals surface area contributed by atoms with E-state index in [4.69, 9.17) is 8.85 Å². The van der Waals surface area contributed by atoms with Crippen molar-refractivity contribution in [2.45, 2.75) is 51.4 Å². The Morgan fingerprint density at radius 2 is 2.13 bits per heavy atom. The fourth-order valence-electron chi connectivity index (χ4n) is 5.36. The Morgan fingerprint density at radius 1 is 1.32 bits per heavy atom. The van der Waals surface area contributed by atoms with E-state index in [0.29, 0.717) is 30.0 Å². The van der Waals surface area contributed by atoms with Crippen LogP contribution in [0.25, 0.3) is 10.8 Å². The fourth-order valence-corrected chi connectivity index (χ4v) is 7.12. The molecule has 2 fully saturated rings. The number of alkyl halides is 1. The normalized spacial score (nSPS) is 25.7. The minimum Gasteiger partial charge on any atom is -0.378 e. The van der Waals surface area contributed by atoms with Gasteiger partial charge < -0.3 is 19.9 Å². The SMILES string of the molecule is [2H]C([2H])([2H])O[C@@H]1CCN(c2nsc(Nc3cc4c(C(C)C)ccc(N5C[C@H](CS(C)(=O)=O)[C@H]5C)c4cn3)n2)C[C@@H]1F. The lowest BCUT2D eigenvalue weighted by molar-refractivity contribution is 0.0194. The number of benzene rings is 1. The van der Waals surface area contributed by atoms with Gasteiger partial charge in [-0.25, -0.2) is 17.8 Å². The van der Waals surface area contributed by atoms with Gasteiger partial charge in [-0.2, -0.15) is 9.36 Å². The number of nitrogens with zero attached hydrogens (tertiary/aromatic N) is 5. The van der Waals surface area contributed by atoms with Crippen molar-refractivity contribution < 1.29 is 21.7 Å². The Kier molecular flexibility index (Phi) is 6.47. The third kappa shape index (κ3) is 5.43. The van der Waals surface area contributed by atoms with E-state index >= 15 is 0 Å². The molecule has 2 aliphatic heterocycles. The quantitative estimate of drug-likeness (QED) is 0.426. The molecule has 0 unspecified atom stereocenters. The Hall–Kier alpha value is -2.57. The van der Waals surface area contributed by atoms with Gasteiger partial charge in [0.2, 0.25) is 11.1 Å². The van der Waals surface area contributed by atoms with Crippen LogP contribution in [0.2, 0.25) is 0 Å². The molecule has 0 saturated carbocycles. The molecule has 0 spiro atoms. The van der Waals surface area contributed by atoms with Gasteiger partial charge in [-0.15, -0.1) is 0 Å². The first-order chi connectivity index (χ1) is 19.2. The van der Waals surface area contributed by atoms with Gasteiger partial charge in [-0.1, -0.05) is 19.9 Å². The molecular formula is C26H35FN6O3S2. The minimum absolute atomic E-state index is 0.0500. The summed E-state index contributed by atoms with van der Waals surface area (Å²) in [7, 11) is -5.68. The molecule has 4 atom stereocenters. The van der Waals surface area contributed by atoms with Gasteiger partial charge in [0.25, 0.3) is 0 Å². The fraction of sp³-hybridized carbons (Fsp3) is 0.577. The molecular weight excluding hydrogens is 527 g/mol. The molecule has 0 aliphatic carbocycles. The molecule has 0 radical (unpaired) electrons. The number of halogens is 1. The summed E-state index contributed by atoms with van der Waals surface area (Å²) in [5.74, 6) is 1.52. The number of pyridine rings is 1. The van der Waals surface area contributed by atoms with Crippen molar-refractivity contribution in [2.24, 2.45) is 5.92 Å². The molecule has 206 valence electrons. The monoisotopic (exact) mass is 565 g/mol. The number of aromatic nitrogens is 3. The van der Waals surface area contributed by atoms with Gasteiger partial charge in [0.1, 0.15) is 21.8 Å². The standard InChI is InChI=1S/C26H35FN6O3S2/c1-15(2)18-6-7-22(33-12-17(16(33)3)14-38(5,34)35)20-11-28-24(10-19(18)20)29-26-30-25(31-37-26)32-9-8-23(36-4)21(27)13-32/h6-7,10-11,15-17,21,23H,8-9,12-14H2,1-5H3,(H,28,29,30,31)/t16-,17-,21+,23-/m1/s1/i4D3. The number of sulfone groups is 1. The predicted octanol–water partition coefficient (Wildman–Crippen LogP) is 4.39. The molecule has 2 aromatic heterocycles. The van der Waals surface area contributed by atoms with Crippen molar-refractivity contribution in [3.05, 3.63) is 30.0 Å². The van der Waals surface area contributed by atoms with E-state index in [0.717, 1.165) is 28.0 Å². The average molecular weight is 566 g/mol. The molecule has 1 aromatic carbocycles. The Morgan fingerprint density at radius 3 is 2.82 bits per heavy atom. The molecule has 4 heterocycles. The van der Waals surface area contributed by atoms with Crippen LogP contribution in [-0.2, 0) is 14.6 Å². The van der Waals surface area contributed by atoms with Crippen molar-refractivity contribution in [3.63, 3.8) is 0 Å². The highest BCUT2D eigenvalue weighted by molar-refractivity contribution is 7.90. The van der Waals surface area contributed by atoms with E-state index in [1.54, 1.807) is 4.90 Å². The van der Waals surface area contributed by atoms with Crippen LogP contribution in [0.15, 0.2) is 24.4 Å². The summed E-state index contributed by atoms with van der Waals surface area (Å²) in [5.41, 5.74) is 2.20. The summed E-state index contributed by atoms with van der Waals surface area (Å²) < 4.78 is 69.2. The predicted molar refractivity (Wildman–Crippen MR) is 152 cm³/mol. The van der Waals surface area contributed by atoms with E-state index in [-0.39, 0.29) is 36.6 Å². The smallest absolute Gasteiger partial charge is 0.239 e. The van der Waals surface area contributed by atoms with E-state index in [1.165, 1.54) is 11.8 Å². The lowest BCUT2D eigenvalue weighted by Gasteiger charge is -2.48. The van der Waals surface area contributed by atoms with Crippen LogP contribution < -0.4 is 15.1 Å². The summed E-state index contributed by atoms with van der Waals surface area (Å²) in [6.45, 7) is 7.34. The number of hydrogen-bond acceptors (Lipinski definition) is 10. The third-order valence-electron chi connectivity index (χ3n) is 7.53. The second-order valence-corrected chi connectivity index (χ2v) is 13.6. The minimum atomic E-state index is -3.04. The molecule has 12 heteroatoms. The van der Waals surface area contributed by atoms with Crippen molar-refractivity contribution >= 4 is 54.7 Å². The van der Waals surface area contributed by atoms with Crippen LogP contribution in [0.3, 0.4) is 0 Å². The number of fused-ring (bicyclic) bond motifs is 1. The number of piperidine rings is 1. The average Bonchev–Trinajstić information content (AvgIpc) is 3.33. The topological polar surface area (TPSA) is 101 Å².